The van der Waals surface area contributed by atoms with Gasteiger partial charge >= 0.3 is 0 Å². The summed E-state index contributed by atoms with van der Waals surface area (Å²) in [5.41, 5.74) is 3.13. The van der Waals surface area contributed by atoms with E-state index in [0.29, 0.717) is 19.0 Å². The van der Waals surface area contributed by atoms with Crippen LogP contribution < -0.4 is 0 Å². The van der Waals surface area contributed by atoms with E-state index in [1.807, 2.05) is 37.9 Å². The summed E-state index contributed by atoms with van der Waals surface area (Å²) in [5, 5.41) is 8.81. The number of hydrogen-bond donors (Lipinski definition) is 0. The molecule has 2 aliphatic rings. The van der Waals surface area contributed by atoms with E-state index in [9.17, 15) is 4.79 Å². The maximum atomic E-state index is 13.2. The van der Waals surface area contributed by atoms with Gasteiger partial charge < -0.3 is 9.42 Å². The summed E-state index contributed by atoms with van der Waals surface area (Å²) < 4.78 is 7.40. The van der Waals surface area contributed by atoms with Gasteiger partial charge in [0.25, 0.3) is 11.8 Å². The Morgan fingerprint density at radius 2 is 2.03 bits per heavy atom. The third-order valence-electron chi connectivity index (χ3n) is 6.92. The van der Waals surface area contributed by atoms with Crippen molar-refractivity contribution in [1.82, 2.24) is 29.8 Å². The number of aryl methyl sites for hydroxylation is 2. The smallest absolute Gasteiger partial charge is 0.259 e. The number of amides is 1. The number of piperidine rings is 1. The fourth-order valence-electron chi connectivity index (χ4n) is 4.82. The molecule has 8 heteroatoms. The normalized spacial score (nSPS) is 18.4. The molecule has 0 unspecified atom stereocenters. The summed E-state index contributed by atoms with van der Waals surface area (Å²) in [5.74, 6) is 2.09. The molecule has 31 heavy (non-hydrogen) atoms. The molecule has 1 saturated heterocycles. The number of carbonyl (C=O) groups is 1. The monoisotopic (exact) mass is 420 g/mol. The van der Waals surface area contributed by atoms with Crippen molar-refractivity contribution in [3.05, 3.63) is 47.3 Å². The molecule has 0 N–H and O–H groups in total. The standard InChI is InChI=1S/C23H28N6O2/c1-15-19(16(2)28(3)26-15)21(30)29-11-8-23(9-12-29,13-17-6-7-17)22-25-20(31-27-22)18-5-4-10-24-14-18/h4-5,10,14,17H,6-9,11-13H2,1-3H3. The third kappa shape index (κ3) is 3.64. The van der Waals surface area contributed by atoms with Crippen molar-refractivity contribution < 1.29 is 9.32 Å². The van der Waals surface area contributed by atoms with Crippen LogP contribution in [0.25, 0.3) is 11.5 Å². The van der Waals surface area contributed by atoms with E-state index in [-0.39, 0.29) is 11.3 Å². The molecule has 0 atom stereocenters. The van der Waals surface area contributed by atoms with Crippen LogP contribution in [0, 0.1) is 19.8 Å². The van der Waals surface area contributed by atoms with Gasteiger partial charge in [-0.3, -0.25) is 14.5 Å². The van der Waals surface area contributed by atoms with Crippen LogP contribution in [0.1, 0.15) is 59.7 Å². The number of carbonyl (C=O) groups excluding carboxylic acids is 1. The van der Waals surface area contributed by atoms with Crippen molar-refractivity contribution in [2.75, 3.05) is 13.1 Å². The molecular formula is C23H28N6O2. The Labute approximate surface area is 181 Å². The maximum absolute atomic E-state index is 13.2. The first-order valence-corrected chi connectivity index (χ1v) is 11.0. The Morgan fingerprint density at radius 1 is 1.26 bits per heavy atom. The summed E-state index contributed by atoms with van der Waals surface area (Å²) in [6.45, 7) is 5.24. The number of hydrogen-bond acceptors (Lipinski definition) is 6. The van der Waals surface area contributed by atoms with Gasteiger partial charge in [0.15, 0.2) is 5.82 Å². The maximum Gasteiger partial charge on any atom is 0.259 e. The quantitative estimate of drug-likeness (QED) is 0.628. The van der Waals surface area contributed by atoms with Crippen LogP contribution in [0.4, 0.5) is 0 Å². The van der Waals surface area contributed by atoms with Crippen molar-refractivity contribution in [3.8, 4) is 11.5 Å². The Kier molecular flexibility index (Phi) is 4.87. The lowest BCUT2D eigenvalue weighted by molar-refractivity contribution is 0.0644. The molecule has 1 aliphatic carbocycles. The Morgan fingerprint density at radius 3 is 2.65 bits per heavy atom. The Balaban J connectivity index is 1.38. The second-order valence-corrected chi connectivity index (χ2v) is 9.05. The lowest BCUT2D eigenvalue weighted by Gasteiger charge is -2.40. The van der Waals surface area contributed by atoms with Gasteiger partial charge in [-0.05, 0) is 51.2 Å². The lowest BCUT2D eigenvalue weighted by Crippen LogP contribution is -2.46. The van der Waals surface area contributed by atoms with Crippen LogP contribution in [0.2, 0.25) is 0 Å². The zero-order valence-electron chi connectivity index (χ0n) is 18.3. The van der Waals surface area contributed by atoms with Crippen LogP contribution in [0.3, 0.4) is 0 Å². The summed E-state index contributed by atoms with van der Waals surface area (Å²) >= 11 is 0. The Hall–Kier alpha value is -3.03. The molecule has 4 heterocycles. The van der Waals surface area contributed by atoms with Gasteiger partial charge in [-0.2, -0.15) is 10.1 Å². The lowest BCUT2D eigenvalue weighted by atomic mass is 9.73. The molecule has 162 valence electrons. The Bertz CT molecular complexity index is 1090. The molecule has 3 aromatic heterocycles. The fraction of sp³-hybridized carbons (Fsp3) is 0.522. The van der Waals surface area contributed by atoms with E-state index in [1.54, 1.807) is 17.1 Å². The van der Waals surface area contributed by atoms with E-state index in [1.165, 1.54) is 12.8 Å². The molecule has 1 aliphatic heterocycles. The minimum Gasteiger partial charge on any atom is -0.338 e. The van der Waals surface area contributed by atoms with Crippen LogP contribution in [-0.4, -0.2) is 48.8 Å². The van der Waals surface area contributed by atoms with Crippen molar-refractivity contribution in [2.24, 2.45) is 13.0 Å². The zero-order valence-corrected chi connectivity index (χ0v) is 18.3. The molecule has 1 saturated carbocycles. The first-order chi connectivity index (χ1) is 15.0. The third-order valence-corrected chi connectivity index (χ3v) is 6.92. The van der Waals surface area contributed by atoms with Gasteiger partial charge in [0.2, 0.25) is 0 Å². The van der Waals surface area contributed by atoms with E-state index in [2.05, 4.69) is 15.2 Å². The predicted molar refractivity (Wildman–Crippen MR) is 114 cm³/mol. The predicted octanol–water partition coefficient (Wildman–Crippen LogP) is 3.46. The van der Waals surface area contributed by atoms with E-state index in [4.69, 9.17) is 9.51 Å². The van der Waals surface area contributed by atoms with Crippen LogP contribution in [-0.2, 0) is 12.5 Å². The number of rotatable bonds is 5. The van der Waals surface area contributed by atoms with Gasteiger partial charge in [0.1, 0.15) is 0 Å². The van der Waals surface area contributed by atoms with E-state index < -0.39 is 0 Å². The first-order valence-electron chi connectivity index (χ1n) is 11.0. The van der Waals surface area contributed by atoms with Gasteiger partial charge in [-0.15, -0.1) is 0 Å². The molecule has 5 rings (SSSR count). The average molecular weight is 421 g/mol. The molecule has 0 bridgehead atoms. The second kappa shape index (κ2) is 7.59. The van der Waals surface area contributed by atoms with Gasteiger partial charge in [0.05, 0.1) is 16.8 Å². The number of likely N-dealkylation sites (tertiary alicyclic amines) is 1. The molecule has 8 nitrogen and oxygen atoms in total. The van der Waals surface area contributed by atoms with E-state index >= 15 is 0 Å². The topological polar surface area (TPSA) is 89.9 Å². The summed E-state index contributed by atoms with van der Waals surface area (Å²) in [6, 6.07) is 3.80. The molecule has 0 aromatic carbocycles. The number of aromatic nitrogens is 5. The summed E-state index contributed by atoms with van der Waals surface area (Å²) in [6.07, 6.45) is 8.77. The second-order valence-electron chi connectivity index (χ2n) is 9.05. The highest BCUT2D eigenvalue weighted by molar-refractivity contribution is 5.96. The van der Waals surface area contributed by atoms with Crippen LogP contribution >= 0.6 is 0 Å². The molecule has 1 amide bonds. The highest BCUT2D eigenvalue weighted by Crippen LogP contribution is 2.47. The SMILES string of the molecule is Cc1nn(C)c(C)c1C(=O)N1CCC(CC2CC2)(c2noc(-c3cccnc3)n2)CC1. The van der Waals surface area contributed by atoms with Gasteiger partial charge in [0, 0.05) is 43.6 Å². The first kappa shape index (κ1) is 19.9. The molecular weight excluding hydrogens is 392 g/mol. The van der Waals surface area contributed by atoms with Crippen LogP contribution in [0.15, 0.2) is 29.0 Å². The van der Waals surface area contributed by atoms with Crippen LogP contribution in [0.5, 0.6) is 0 Å². The minimum absolute atomic E-state index is 0.0762. The highest BCUT2D eigenvalue weighted by Gasteiger charge is 2.45. The van der Waals surface area contributed by atoms with Crippen molar-refractivity contribution in [3.63, 3.8) is 0 Å². The molecule has 0 spiro atoms. The van der Waals surface area contributed by atoms with Gasteiger partial charge in [-0.25, -0.2) is 0 Å². The van der Waals surface area contributed by atoms with Gasteiger partial charge in [-0.1, -0.05) is 18.0 Å². The largest absolute Gasteiger partial charge is 0.338 e. The number of pyridine rings is 1. The minimum atomic E-state index is -0.138. The highest BCUT2D eigenvalue weighted by atomic mass is 16.5. The molecule has 2 fully saturated rings. The fourth-order valence-corrected chi connectivity index (χ4v) is 4.82. The number of nitrogens with zero attached hydrogens (tertiary/aromatic N) is 6. The zero-order chi connectivity index (χ0) is 21.6. The average Bonchev–Trinajstić information content (AvgIpc) is 3.36. The molecule has 3 aromatic rings. The summed E-state index contributed by atoms with van der Waals surface area (Å²) in [4.78, 5) is 24.1. The van der Waals surface area contributed by atoms with Crippen molar-refractivity contribution in [2.45, 2.75) is 51.4 Å². The molecule has 0 radical (unpaired) electrons. The van der Waals surface area contributed by atoms with Crippen molar-refractivity contribution >= 4 is 5.91 Å². The van der Waals surface area contributed by atoms with E-state index in [0.717, 1.165) is 53.5 Å². The van der Waals surface area contributed by atoms with Crippen molar-refractivity contribution in [1.29, 1.82) is 0 Å². The summed E-state index contributed by atoms with van der Waals surface area (Å²) in [7, 11) is 1.88.